The quantitative estimate of drug-likeness (QED) is 0.857. The predicted molar refractivity (Wildman–Crippen MR) is 76.7 cm³/mol. The summed E-state index contributed by atoms with van der Waals surface area (Å²) in [5, 5.41) is 3.32. The minimum Gasteiger partial charge on any atom is -0.310 e. The Bertz CT molecular complexity index is 536. The highest BCUT2D eigenvalue weighted by atomic mass is 35.5. The SMILES string of the molecule is CC(C)NCc1ccc(F)c(-c2ccc(Cl)s2)c1. The van der Waals surface area contributed by atoms with Gasteiger partial charge in [-0.25, -0.2) is 4.39 Å². The average Bonchev–Trinajstić information content (AvgIpc) is 2.74. The molecule has 0 radical (unpaired) electrons. The van der Waals surface area contributed by atoms with E-state index >= 15 is 0 Å². The van der Waals surface area contributed by atoms with E-state index in [4.69, 9.17) is 11.6 Å². The van der Waals surface area contributed by atoms with Gasteiger partial charge in [-0.15, -0.1) is 11.3 Å². The lowest BCUT2D eigenvalue weighted by Gasteiger charge is -2.09. The van der Waals surface area contributed by atoms with E-state index in [-0.39, 0.29) is 5.82 Å². The lowest BCUT2D eigenvalue weighted by molar-refractivity contribution is 0.586. The van der Waals surface area contributed by atoms with Crippen molar-refractivity contribution in [1.82, 2.24) is 5.32 Å². The maximum atomic E-state index is 13.8. The number of nitrogens with one attached hydrogen (secondary N) is 1. The Morgan fingerprint density at radius 2 is 2.06 bits per heavy atom. The second-order valence-corrected chi connectivity index (χ2v) is 6.17. The first-order chi connectivity index (χ1) is 8.56. The van der Waals surface area contributed by atoms with Crippen LogP contribution in [0.3, 0.4) is 0 Å². The molecule has 2 rings (SSSR count). The number of hydrogen-bond acceptors (Lipinski definition) is 2. The zero-order chi connectivity index (χ0) is 13.1. The maximum absolute atomic E-state index is 13.8. The van der Waals surface area contributed by atoms with Gasteiger partial charge in [0.1, 0.15) is 5.82 Å². The van der Waals surface area contributed by atoms with Crippen molar-refractivity contribution in [2.45, 2.75) is 26.4 Å². The van der Waals surface area contributed by atoms with Crippen LogP contribution in [0.1, 0.15) is 19.4 Å². The fourth-order valence-electron chi connectivity index (χ4n) is 1.65. The summed E-state index contributed by atoms with van der Waals surface area (Å²) in [6.45, 7) is 4.91. The third kappa shape index (κ3) is 3.31. The second kappa shape index (κ2) is 5.83. The molecule has 1 nitrogen and oxygen atoms in total. The van der Waals surface area contributed by atoms with Crippen molar-refractivity contribution in [1.29, 1.82) is 0 Å². The van der Waals surface area contributed by atoms with E-state index in [1.807, 2.05) is 18.2 Å². The molecule has 1 aromatic carbocycles. The standard InChI is InChI=1S/C14H15ClFNS/c1-9(2)17-8-10-3-4-12(16)11(7-10)13-5-6-14(15)18-13/h3-7,9,17H,8H2,1-2H3. The molecule has 0 fully saturated rings. The molecule has 0 aliphatic heterocycles. The number of thiophene rings is 1. The van der Waals surface area contributed by atoms with Gasteiger partial charge >= 0.3 is 0 Å². The maximum Gasteiger partial charge on any atom is 0.131 e. The topological polar surface area (TPSA) is 12.0 Å². The molecule has 0 amide bonds. The number of hydrogen-bond donors (Lipinski definition) is 1. The first-order valence-electron chi connectivity index (χ1n) is 5.84. The van der Waals surface area contributed by atoms with Crippen molar-refractivity contribution in [3.8, 4) is 10.4 Å². The summed E-state index contributed by atoms with van der Waals surface area (Å²) in [6.07, 6.45) is 0. The van der Waals surface area contributed by atoms with E-state index in [9.17, 15) is 4.39 Å². The van der Waals surface area contributed by atoms with Gasteiger partial charge in [0.2, 0.25) is 0 Å². The molecule has 4 heteroatoms. The molecule has 1 heterocycles. The van der Waals surface area contributed by atoms with Gasteiger partial charge < -0.3 is 5.32 Å². The monoisotopic (exact) mass is 283 g/mol. The Kier molecular flexibility index (Phi) is 4.38. The highest BCUT2D eigenvalue weighted by molar-refractivity contribution is 7.19. The van der Waals surface area contributed by atoms with Crippen LogP contribution in [0.5, 0.6) is 0 Å². The smallest absolute Gasteiger partial charge is 0.131 e. The van der Waals surface area contributed by atoms with Crippen LogP contribution in [0.25, 0.3) is 10.4 Å². The molecule has 0 saturated heterocycles. The first-order valence-corrected chi connectivity index (χ1v) is 7.03. The van der Waals surface area contributed by atoms with Crippen LogP contribution in [-0.4, -0.2) is 6.04 Å². The van der Waals surface area contributed by atoms with Crippen molar-refractivity contribution < 1.29 is 4.39 Å². The normalized spacial score (nSPS) is 11.2. The van der Waals surface area contributed by atoms with Crippen molar-refractivity contribution in [2.75, 3.05) is 0 Å². The van der Waals surface area contributed by atoms with Crippen LogP contribution in [-0.2, 0) is 6.54 Å². The second-order valence-electron chi connectivity index (χ2n) is 4.45. The van der Waals surface area contributed by atoms with Crippen molar-refractivity contribution in [3.63, 3.8) is 0 Å². The van der Waals surface area contributed by atoms with Crippen LogP contribution < -0.4 is 5.32 Å². The molecule has 0 aliphatic rings. The fourth-order valence-corrected chi connectivity index (χ4v) is 2.71. The summed E-state index contributed by atoms with van der Waals surface area (Å²) in [4.78, 5) is 0.865. The fraction of sp³-hybridized carbons (Fsp3) is 0.286. The Hall–Kier alpha value is -0.900. The van der Waals surface area contributed by atoms with Crippen LogP contribution >= 0.6 is 22.9 Å². The van der Waals surface area contributed by atoms with Crippen molar-refractivity contribution >= 4 is 22.9 Å². The molecule has 1 aromatic heterocycles. The lowest BCUT2D eigenvalue weighted by atomic mass is 10.1. The van der Waals surface area contributed by atoms with E-state index in [2.05, 4.69) is 19.2 Å². The minimum atomic E-state index is -0.207. The number of halogens is 2. The van der Waals surface area contributed by atoms with Crippen molar-refractivity contribution in [2.24, 2.45) is 0 Å². The zero-order valence-corrected chi connectivity index (χ0v) is 11.9. The molecule has 0 unspecified atom stereocenters. The van der Waals surface area contributed by atoms with Gasteiger partial charge in [0.05, 0.1) is 4.34 Å². The molecule has 2 aromatic rings. The minimum absolute atomic E-state index is 0.207. The lowest BCUT2D eigenvalue weighted by Crippen LogP contribution is -2.21. The summed E-state index contributed by atoms with van der Waals surface area (Å²) in [5.74, 6) is -0.207. The Morgan fingerprint density at radius 1 is 1.28 bits per heavy atom. The van der Waals surface area contributed by atoms with E-state index < -0.39 is 0 Å². The number of benzene rings is 1. The van der Waals surface area contributed by atoms with E-state index in [1.165, 1.54) is 17.4 Å². The largest absolute Gasteiger partial charge is 0.310 e. The molecule has 1 N–H and O–H groups in total. The summed E-state index contributed by atoms with van der Waals surface area (Å²) in [5.41, 5.74) is 1.69. The average molecular weight is 284 g/mol. The molecular weight excluding hydrogens is 269 g/mol. The Morgan fingerprint density at radius 3 is 2.67 bits per heavy atom. The molecule has 0 spiro atoms. The van der Waals surface area contributed by atoms with Crippen molar-refractivity contribution in [3.05, 3.63) is 46.0 Å². The van der Waals surface area contributed by atoms with E-state index in [0.717, 1.165) is 17.0 Å². The Balaban J connectivity index is 2.27. The summed E-state index contributed by atoms with van der Waals surface area (Å²) in [6, 6.07) is 9.26. The van der Waals surface area contributed by atoms with Crippen LogP contribution in [0.4, 0.5) is 4.39 Å². The summed E-state index contributed by atoms with van der Waals surface area (Å²) in [7, 11) is 0. The van der Waals surface area contributed by atoms with E-state index in [0.29, 0.717) is 15.9 Å². The molecule has 0 aliphatic carbocycles. The first kappa shape index (κ1) is 13.5. The highest BCUT2D eigenvalue weighted by Crippen LogP contribution is 2.33. The van der Waals surface area contributed by atoms with Gasteiger partial charge in [0.15, 0.2) is 0 Å². The van der Waals surface area contributed by atoms with Gasteiger partial charge in [-0.3, -0.25) is 0 Å². The summed E-state index contributed by atoms with van der Waals surface area (Å²) < 4.78 is 14.5. The molecular formula is C14H15ClFNS. The highest BCUT2D eigenvalue weighted by Gasteiger charge is 2.09. The zero-order valence-electron chi connectivity index (χ0n) is 10.3. The third-order valence-electron chi connectivity index (χ3n) is 2.58. The van der Waals surface area contributed by atoms with Gasteiger partial charge in [0, 0.05) is 23.0 Å². The Labute approximate surface area is 116 Å². The molecule has 18 heavy (non-hydrogen) atoms. The van der Waals surface area contributed by atoms with Gasteiger partial charge in [-0.05, 0) is 29.8 Å². The van der Waals surface area contributed by atoms with Crippen LogP contribution in [0, 0.1) is 5.82 Å². The molecule has 0 saturated carbocycles. The molecule has 0 atom stereocenters. The van der Waals surface area contributed by atoms with Crippen LogP contribution in [0.2, 0.25) is 4.34 Å². The van der Waals surface area contributed by atoms with E-state index in [1.54, 1.807) is 6.07 Å². The van der Waals surface area contributed by atoms with Gasteiger partial charge in [-0.1, -0.05) is 31.5 Å². The van der Waals surface area contributed by atoms with Gasteiger partial charge in [-0.2, -0.15) is 0 Å². The van der Waals surface area contributed by atoms with Gasteiger partial charge in [0.25, 0.3) is 0 Å². The number of rotatable bonds is 4. The third-order valence-corrected chi connectivity index (χ3v) is 3.85. The predicted octanol–water partition coefficient (Wildman–Crippen LogP) is 4.71. The molecule has 96 valence electrons. The molecule has 0 bridgehead atoms. The van der Waals surface area contributed by atoms with Crippen LogP contribution in [0.15, 0.2) is 30.3 Å². The summed E-state index contributed by atoms with van der Waals surface area (Å²) >= 11 is 7.28.